The first-order valence-corrected chi connectivity index (χ1v) is 13.1. The third-order valence-electron chi connectivity index (χ3n) is 6.27. The molecule has 24 heavy (non-hydrogen) atoms. The molecule has 2 nitrogen and oxygen atoms in total. The molecular formula is C20H34N2P2. The summed E-state index contributed by atoms with van der Waals surface area (Å²) in [6.07, 6.45) is 14.9. The molecule has 134 valence electrons. The van der Waals surface area contributed by atoms with E-state index in [1.165, 1.54) is 62.2 Å². The molecule has 3 heterocycles. The Hall–Kier alpha value is -0.0600. The smallest absolute Gasteiger partial charge is 0.0895 e. The molecule has 0 radical (unpaired) electrons. The van der Waals surface area contributed by atoms with Gasteiger partial charge in [-0.1, -0.05) is 27.7 Å². The van der Waals surface area contributed by atoms with Crippen molar-refractivity contribution in [2.45, 2.75) is 102 Å². The first-order chi connectivity index (χ1) is 11.7. The maximum absolute atomic E-state index is 5.02. The average Bonchev–Trinajstić information content (AvgIpc) is 3.24. The molecule has 0 spiro atoms. The largest absolute Gasteiger partial charge is 0.253 e. The summed E-state index contributed by atoms with van der Waals surface area (Å²) < 4.78 is 0. The van der Waals surface area contributed by atoms with Gasteiger partial charge < -0.3 is 0 Å². The summed E-state index contributed by atoms with van der Waals surface area (Å²) in [5.74, 6) is 0. The minimum Gasteiger partial charge on any atom is -0.253 e. The standard InChI is InChI=1S/C20H34N2P2/c1-5-15-9-10-16(6-2)23(15)19-20(22-14-13-21-19)24-17(7-3)11-12-18(24)8-4/h13-18H,5-12H2,1-4H3/t15-,16-,17-,18-/m1/s1. The Labute approximate surface area is 151 Å². The van der Waals surface area contributed by atoms with Crippen LogP contribution in [0.1, 0.15) is 79.1 Å². The lowest BCUT2D eigenvalue weighted by Crippen LogP contribution is -2.34. The fraction of sp³-hybridized carbons (Fsp3) is 0.800. The van der Waals surface area contributed by atoms with E-state index in [1.54, 1.807) is 0 Å². The highest BCUT2D eigenvalue weighted by atomic mass is 31.1. The zero-order chi connectivity index (χ0) is 17.1. The maximum atomic E-state index is 5.02. The van der Waals surface area contributed by atoms with Gasteiger partial charge in [-0.15, -0.1) is 0 Å². The van der Waals surface area contributed by atoms with Gasteiger partial charge in [-0.2, -0.15) is 0 Å². The summed E-state index contributed by atoms with van der Waals surface area (Å²) in [5.41, 5.74) is 6.51. The third kappa shape index (κ3) is 3.43. The molecular weight excluding hydrogens is 330 g/mol. The predicted molar refractivity (Wildman–Crippen MR) is 110 cm³/mol. The molecule has 3 rings (SSSR count). The number of nitrogens with zero attached hydrogens (tertiary/aromatic N) is 2. The van der Waals surface area contributed by atoms with Crippen molar-refractivity contribution in [1.29, 1.82) is 0 Å². The van der Waals surface area contributed by atoms with Gasteiger partial charge in [0.2, 0.25) is 0 Å². The van der Waals surface area contributed by atoms with E-state index in [2.05, 4.69) is 27.7 Å². The van der Waals surface area contributed by atoms with Crippen molar-refractivity contribution in [3.05, 3.63) is 12.4 Å². The van der Waals surface area contributed by atoms with Crippen molar-refractivity contribution in [1.82, 2.24) is 9.97 Å². The molecule has 0 bridgehead atoms. The van der Waals surface area contributed by atoms with Crippen molar-refractivity contribution in [2.24, 2.45) is 0 Å². The number of aromatic nitrogens is 2. The van der Waals surface area contributed by atoms with E-state index in [1.807, 2.05) is 12.4 Å². The van der Waals surface area contributed by atoms with E-state index >= 15 is 0 Å². The van der Waals surface area contributed by atoms with Gasteiger partial charge >= 0.3 is 0 Å². The lowest BCUT2D eigenvalue weighted by atomic mass is 10.1. The monoisotopic (exact) mass is 364 g/mol. The van der Waals surface area contributed by atoms with Gasteiger partial charge in [-0.05, 0) is 89.8 Å². The van der Waals surface area contributed by atoms with Gasteiger partial charge in [0.1, 0.15) is 0 Å². The second kappa shape index (κ2) is 8.55. The zero-order valence-corrected chi connectivity index (χ0v) is 17.7. The van der Waals surface area contributed by atoms with Crippen LogP contribution >= 0.6 is 15.8 Å². The molecule has 0 N–H and O–H groups in total. The highest BCUT2D eigenvalue weighted by molar-refractivity contribution is 7.73. The van der Waals surface area contributed by atoms with Crippen LogP contribution in [0.3, 0.4) is 0 Å². The van der Waals surface area contributed by atoms with Crippen LogP contribution in [0.25, 0.3) is 0 Å². The molecule has 4 heteroatoms. The van der Waals surface area contributed by atoms with E-state index in [0.29, 0.717) is 0 Å². The van der Waals surface area contributed by atoms with Gasteiger partial charge in [-0.3, -0.25) is 9.97 Å². The van der Waals surface area contributed by atoms with E-state index in [4.69, 9.17) is 9.97 Å². The topological polar surface area (TPSA) is 25.8 Å². The van der Waals surface area contributed by atoms with Crippen LogP contribution in [0, 0.1) is 0 Å². The fourth-order valence-electron chi connectivity index (χ4n) is 4.90. The quantitative estimate of drug-likeness (QED) is 0.632. The SMILES string of the molecule is CC[C@@H]1CC[C@@H](CC)P1c1nccnc1P1[C@H](CC)CC[C@H]1CC. The van der Waals surface area contributed by atoms with E-state index in [-0.39, 0.29) is 15.8 Å². The van der Waals surface area contributed by atoms with Gasteiger partial charge in [0.25, 0.3) is 0 Å². The molecule has 2 fully saturated rings. The third-order valence-corrected chi connectivity index (χ3v) is 13.7. The fourth-order valence-corrected chi connectivity index (χ4v) is 12.4. The van der Waals surface area contributed by atoms with Crippen LogP contribution in [0.15, 0.2) is 12.4 Å². The molecule has 2 aliphatic heterocycles. The molecule has 0 aromatic carbocycles. The van der Waals surface area contributed by atoms with Gasteiger partial charge in [-0.25, -0.2) is 0 Å². The molecule has 4 atom stereocenters. The summed E-state index contributed by atoms with van der Waals surface area (Å²) in [7, 11) is -0.219. The van der Waals surface area contributed by atoms with Gasteiger partial charge in [0.05, 0.1) is 10.9 Å². The summed E-state index contributed by atoms with van der Waals surface area (Å²) in [4.78, 5) is 10.0. The number of hydrogen-bond acceptors (Lipinski definition) is 2. The Bertz CT molecular complexity index is 465. The first-order valence-electron chi connectivity index (χ1n) is 10.1. The van der Waals surface area contributed by atoms with Crippen molar-refractivity contribution in [2.75, 3.05) is 0 Å². The van der Waals surface area contributed by atoms with E-state index < -0.39 is 0 Å². The molecule has 0 unspecified atom stereocenters. The highest BCUT2D eigenvalue weighted by Gasteiger charge is 2.42. The van der Waals surface area contributed by atoms with Crippen LogP contribution in [-0.4, -0.2) is 32.6 Å². The minimum absolute atomic E-state index is 0.110. The molecule has 0 amide bonds. The molecule has 0 saturated carbocycles. The van der Waals surface area contributed by atoms with Gasteiger partial charge in [0, 0.05) is 12.4 Å². The van der Waals surface area contributed by atoms with Crippen molar-refractivity contribution in [3.8, 4) is 0 Å². The second-order valence-electron chi connectivity index (χ2n) is 7.42. The molecule has 1 aromatic heterocycles. The minimum atomic E-state index is -0.110. The predicted octanol–water partition coefficient (Wildman–Crippen LogP) is 5.39. The van der Waals surface area contributed by atoms with Crippen LogP contribution in [0.5, 0.6) is 0 Å². The zero-order valence-electron chi connectivity index (χ0n) is 15.9. The number of hydrogen-bond donors (Lipinski definition) is 0. The van der Waals surface area contributed by atoms with Crippen LogP contribution in [0.4, 0.5) is 0 Å². The molecule has 1 aromatic rings. The Morgan fingerprint density at radius 3 is 1.21 bits per heavy atom. The Kier molecular flexibility index (Phi) is 6.67. The summed E-state index contributed by atoms with van der Waals surface area (Å²) in [6, 6.07) is 0. The van der Waals surface area contributed by atoms with Crippen molar-refractivity contribution in [3.63, 3.8) is 0 Å². The number of rotatable bonds is 6. The summed E-state index contributed by atoms with van der Waals surface area (Å²) in [6.45, 7) is 9.55. The molecule has 2 aliphatic rings. The normalized spacial score (nSPS) is 31.8. The van der Waals surface area contributed by atoms with Crippen molar-refractivity contribution >= 4 is 26.7 Å². The van der Waals surface area contributed by atoms with Crippen LogP contribution in [-0.2, 0) is 0 Å². The Morgan fingerprint density at radius 2 is 0.958 bits per heavy atom. The van der Waals surface area contributed by atoms with Gasteiger partial charge in [0.15, 0.2) is 0 Å². The summed E-state index contributed by atoms with van der Waals surface area (Å²) >= 11 is 0. The average molecular weight is 364 g/mol. The molecule has 2 saturated heterocycles. The first kappa shape index (κ1) is 18.7. The lowest BCUT2D eigenvalue weighted by molar-refractivity contribution is 0.696. The second-order valence-corrected chi connectivity index (χ2v) is 12.8. The maximum Gasteiger partial charge on any atom is 0.0895 e. The van der Waals surface area contributed by atoms with Crippen molar-refractivity contribution < 1.29 is 0 Å². The van der Waals surface area contributed by atoms with E-state index in [9.17, 15) is 0 Å². The van der Waals surface area contributed by atoms with Crippen LogP contribution in [0.2, 0.25) is 0 Å². The highest BCUT2D eigenvalue weighted by Crippen LogP contribution is 2.60. The van der Waals surface area contributed by atoms with E-state index in [0.717, 1.165) is 22.6 Å². The molecule has 0 aliphatic carbocycles. The Balaban J connectivity index is 2.01. The summed E-state index contributed by atoms with van der Waals surface area (Å²) in [5, 5.41) is 0. The Morgan fingerprint density at radius 1 is 0.667 bits per heavy atom. The lowest BCUT2D eigenvalue weighted by Gasteiger charge is -2.30. The van der Waals surface area contributed by atoms with Crippen LogP contribution < -0.4 is 10.9 Å².